The summed E-state index contributed by atoms with van der Waals surface area (Å²) in [4.78, 5) is 0. The van der Waals surface area contributed by atoms with E-state index in [9.17, 15) is 0 Å². The number of hydrogen-bond acceptors (Lipinski definition) is 2. The van der Waals surface area contributed by atoms with Crippen LogP contribution in [0.1, 0.15) is 27.7 Å². The van der Waals surface area contributed by atoms with Crippen molar-refractivity contribution in [2.24, 2.45) is 0 Å². The lowest BCUT2D eigenvalue weighted by Crippen LogP contribution is -2.30. The predicted molar refractivity (Wildman–Crippen MR) is 52.7 cm³/mol. The van der Waals surface area contributed by atoms with Crippen molar-refractivity contribution in [3.05, 3.63) is 0 Å². The van der Waals surface area contributed by atoms with Crippen LogP contribution >= 0.6 is 9.24 Å². The molecule has 0 bridgehead atoms. The van der Waals surface area contributed by atoms with Crippen molar-refractivity contribution < 1.29 is 9.31 Å². The SMILES string of the molecule is CB(OC(C)C)OC(C)(C)P. The van der Waals surface area contributed by atoms with Gasteiger partial charge in [-0.15, -0.1) is 9.24 Å². The van der Waals surface area contributed by atoms with Gasteiger partial charge in [0, 0.05) is 6.10 Å². The molecular weight excluding hydrogens is 158 g/mol. The van der Waals surface area contributed by atoms with Crippen molar-refractivity contribution in [3.8, 4) is 0 Å². The maximum absolute atomic E-state index is 5.49. The first-order chi connectivity index (χ1) is 4.81. The molecule has 0 aliphatic carbocycles. The van der Waals surface area contributed by atoms with Crippen molar-refractivity contribution >= 4 is 16.4 Å². The summed E-state index contributed by atoms with van der Waals surface area (Å²) in [7, 11) is 2.48. The van der Waals surface area contributed by atoms with Gasteiger partial charge in [0.1, 0.15) is 0 Å². The summed E-state index contributed by atoms with van der Waals surface area (Å²) >= 11 is 0. The Bertz CT molecular complexity index is 111. The van der Waals surface area contributed by atoms with Gasteiger partial charge in [-0.3, -0.25) is 0 Å². The van der Waals surface area contributed by atoms with Crippen LogP contribution < -0.4 is 0 Å². The fourth-order valence-electron chi connectivity index (χ4n) is 0.839. The molecule has 0 N–H and O–H groups in total. The van der Waals surface area contributed by atoms with Crippen molar-refractivity contribution in [1.29, 1.82) is 0 Å². The second kappa shape index (κ2) is 4.44. The second-order valence-electron chi connectivity index (χ2n) is 3.47. The number of rotatable bonds is 4. The van der Waals surface area contributed by atoms with Crippen LogP contribution in [0.2, 0.25) is 6.82 Å². The minimum absolute atomic E-state index is 0.137. The Hall–Kier alpha value is 0.415. The van der Waals surface area contributed by atoms with E-state index in [1.165, 1.54) is 0 Å². The van der Waals surface area contributed by atoms with E-state index in [1.807, 2.05) is 34.5 Å². The van der Waals surface area contributed by atoms with Gasteiger partial charge in [-0.05, 0) is 34.5 Å². The van der Waals surface area contributed by atoms with Crippen molar-refractivity contribution in [3.63, 3.8) is 0 Å². The van der Waals surface area contributed by atoms with Crippen LogP contribution in [0.15, 0.2) is 0 Å². The van der Waals surface area contributed by atoms with Crippen molar-refractivity contribution in [1.82, 2.24) is 0 Å². The Balaban J connectivity index is 3.61. The Morgan fingerprint density at radius 2 is 1.82 bits per heavy atom. The summed E-state index contributed by atoms with van der Waals surface area (Å²) in [5.41, 5.74) is 0. The predicted octanol–water partition coefficient (Wildman–Crippen LogP) is 2.16. The van der Waals surface area contributed by atoms with Crippen LogP contribution in [0, 0.1) is 0 Å². The van der Waals surface area contributed by atoms with E-state index in [0.29, 0.717) is 0 Å². The molecular formula is C7H18BO2P. The molecule has 0 heterocycles. The first-order valence-corrected chi connectivity index (χ1v) is 4.51. The Morgan fingerprint density at radius 3 is 2.09 bits per heavy atom. The highest BCUT2D eigenvalue weighted by Gasteiger charge is 2.20. The van der Waals surface area contributed by atoms with E-state index < -0.39 is 0 Å². The Kier molecular flexibility index (Phi) is 4.61. The molecule has 0 aromatic rings. The molecule has 0 saturated carbocycles. The molecule has 0 aromatic heterocycles. The van der Waals surface area contributed by atoms with Gasteiger partial charge in [-0.25, -0.2) is 0 Å². The minimum atomic E-state index is -0.200. The Labute approximate surface area is 72.4 Å². The third-order valence-electron chi connectivity index (χ3n) is 0.934. The minimum Gasteiger partial charge on any atom is -0.409 e. The van der Waals surface area contributed by atoms with E-state index in [0.717, 1.165) is 0 Å². The fourth-order valence-corrected chi connectivity index (χ4v) is 1.03. The van der Waals surface area contributed by atoms with Crippen LogP contribution in [0.5, 0.6) is 0 Å². The van der Waals surface area contributed by atoms with Crippen LogP contribution in [-0.2, 0) is 9.31 Å². The van der Waals surface area contributed by atoms with Crippen molar-refractivity contribution in [2.45, 2.75) is 46.0 Å². The van der Waals surface area contributed by atoms with Gasteiger partial charge < -0.3 is 9.31 Å². The molecule has 0 rings (SSSR count). The molecule has 1 unspecified atom stereocenters. The summed E-state index contributed by atoms with van der Waals surface area (Å²) < 4.78 is 10.9. The normalized spacial score (nSPS) is 12.3. The van der Waals surface area contributed by atoms with Gasteiger partial charge in [0.2, 0.25) is 0 Å². The van der Waals surface area contributed by atoms with Crippen molar-refractivity contribution in [2.75, 3.05) is 0 Å². The molecule has 0 aromatic carbocycles. The van der Waals surface area contributed by atoms with E-state index >= 15 is 0 Å². The molecule has 0 fully saturated rings. The smallest absolute Gasteiger partial charge is 0.409 e. The summed E-state index contributed by atoms with van der Waals surface area (Å²) in [6, 6.07) is 0. The standard InChI is InChI=1S/C7H18BO2P/c1-6(2)9-8(5)10-7(3,4)11/h6H,11H2,1-5H3. The lowest BCUT2D eigenvalue weighted by molar-refractivity contribution is 0.116. The third kappa shape index (κ3) is 8.32. The van der Waals surface area contributed by atoms with E-state index in [2.05, 4.69) is 9.24 Å². The number of hydrogen-bond donors (Lipinski definition) is 0. The maximum atomic E-state index is 5.49. The quantitative estimate of drug-likeness (QED) is 0.482. The van der Waals surface area contributed by atoms with E-state index in [4.69, 9.17) is 9.31 Å². The first-order valence-electron chi connectivity index (χ1n) is 3.93. The molecule has 0 radical (unpaired) electrons. The van der Waals surface area contributed by atoms with Gasteiger partial charge >= 0.3 is 7.12 Å². The average molecular weight is 176 g/mol. The zero-order chi connectivity index (χ0) is 9.07. The topological polar surface area (TPSA) is 18.5 Å². The zero-order valence-electron chi connectivity index (χ0n) is 8.05. The van der Waals surface area contributed by atoms with Gasteiger partial charge in [0.15, 0.2) is 0 Å². The lowest BCUT2D eigenvalue weighted by atomic mass is 9.94. The van der Waals surface area contributed by atoms with Gasteiger partial charge in [0.05, 0.1) is 5.34 Å². The molecule has 0 spiro atoms. The molecule has 2 nitrogen and oxygen atoms in total. The van der Waals surface area contributed by atoms with Crippen LogP contribution in [0.4, 0.5) is 0 Å². The molecule has 0 aliphatic heterocycles. The second-order valence-corrected chi connectivity index (χ2v) is 4.86. The first kappa shape index (κ1) is 11.4. The van der Waals surface area contributed by atoms with Crippen LogP contribution in [0.3, 0.4) is 0 Å². The molecule has 4 heteroatoms. The summed E-state index contributed by atoms with van der Waals surface area (Å²) in [6.07, 6.45) is 0.220. The summed E-state index contributed by atoms with van der Waals surface area (Å²) in [5.74, 6) is 0. The zero-order valence-corrected chi connectivity index (χ0v) is 9.20. The van der Waals surface area contributed by atoms with E-state index in [-0.39, 0.29) is 18.6 Å². The summed E-state index contributed by atoms with van der Waals surface area (Å²) in [6.45, 7) is 9.87. The Morgan fingerprint density at radius 1 is 1.36 bits per heavy atom. The molecule has 66 valence electrons. The highest BCUT2D eigenvalue weighted by atomic mass is 31.0. The highest BCUT2D eigenvalue weighted by molar-refractivity contribution is 7.18. The van der Waals surface area contributed by atoms with Crippen LogP contribution in [0.25, 0.3) is 0 Å². The monoisotopic (exact) mass is 176 g/mol. The van der Waals surface area contributed by atoms with Gasteiger partial charge in [0.25, 0.3) is 0 Å². The highest BCUT2D eigenvalue weighted by Crippen LogP contribution is 2.19. The molecule has 1 atom stereocenters. The molecule has 0 aliphatic rings. The molecule has 0 saturated heterocycles. The fraction of sp³-hybridized carbons (Fsp3) is 1.00. The van der Waals surface area contributed by atoms with Gasteiger partial charge in [-0.2, -0.15) is 0 Å². The molecule has 11 heavy (non-hydrogen) atoms. The third-order valence-corrected chi connectivity index (χ3v) is 1.07. The van der Waals surface area contributed by atoms with E-state index in [1.54, 1.807) is 0 Å². The largest absolute Gasteiger partial charge is 0.454 e. The maximum Gasteiger partial charge on any atom is 0.454 e. The van der Waals surface area contributed by atoms with Gasteiger partial charge in [-0.1, -0.05) is 0 Å². The van der Waals surface area contributed by atoms with Crippen LogP contribution in [-0.4, -0.2) is 18.6 Å². The average Bonchev–Trinajstić information content (AvgIpc) is 1.53. The lowest BCUT2D eigenvalue weighted by Gasteiger charge is -2.24. The molecule has 0 amide bonds. The summed E-state index contributed by atoms with van der Waals surface area (Å²) in [5, 5.41) is -0.200.